The SMILES string of the molecule is COCCCN1C(=O)C(O)=C(c2ccc(OCC(C)C)cc2)C1=O. The van der Waals surface area contributed by atoms with Gasteiger partial charge in [-0.1, -0.05) is 26.0 Å². The molecule has 0 unspecified atom stereocenters. The van der Waals surface area contributed by atoms with Crippen molar-refractivity contribution in [3.63, 3.8) is 0 Å². The molecule has 0 spiro atoms. The maximum absolute atomic E-state index is 12.4. The van der Waals surface area contributed by atoms with Gasteiger partial charge in [-0.3, -0.25) is 14.5 Å². The fraction of sp³-hybridized carbons (Fsp3) is 0.444. The molecule has 1 N–H and O–H groups in total. The van der Waals surface area contributed by atoms with Crippen LogP contribution in [0.1, 0.15) is 25.8 Å². The molecular weight excluding hydrogens is 310 g/mol. The molecule has 1 aromatic rings. The summed E-state index contributed by atoms with van der Waals surface area (Å²) in [5.74, 6) is -0.559. The van der Waals surface area contributed by atoms with E-state index in [-0.39, 0.29) is 12.1 Å². The molecule has 0 fully saturated rings. The first-order valence-electron chi connectivity index (χ1n) is 7.97. The lowest BCUT2D eigenvalue weighted by atomic mass is 10.1. The molecule has 0 saturated heterocycles. The molecule has 0 aromatic heterocycles. The van der Waals surface area contributed by atoms with Gasteiger partial charge in [0.05, 0.1) is 12.2 Å². The molecule has 1 aromatic carbocycles. The first-order valence-corrected chi connectivity index (χ1v) is 7.97. The maximum Gasteiger partial charge on any atom is 0.296 e. The van der Waals surface area contributed by atoms with Crippen molar-refractivity contribution in [2.45, 2.75) is 20.3 Å². The molecule has 0 atom stereocenters. The lowest BCUT2D eigenvalue weighted by Crippen LogP contribution is -2.33. The number of hydrogen-bond donors (Lipinski definition) is 1. The molecule has 2 amide bonds. The molecular formula is C18H23NO5. The molecule has 0 saturated carbocycles. The fourth-order valence-electron chi connectivity index (χ4n) is 2.37. The van der Waals surface area contributed by atoms with E-state index in [1.807, 2.05) is 0 Å². The molecule has 6 nitrogen and oxygen atoms in total. The molecule has 0 aliphatic carbocycles. The molecule has 6 heteroatoms. The zero-order chi connectivity index (χ0) is 17.7. The summed E-state index contributed by atoms with van der Waals surface area (Å²) in [6.45, 7) is 5.36. The summed E-state index contributed by atoms with van der Waals surface area (Å²) >= 11 is 0. The number of aliphatic hydroxyl groups excluding tert-OH is 1. The molecule has 1 aliphatic heterocycles. The normalized spacial score (nSPS) is 14.9. The van der Waals surface area contributed by atoms with E-state index in [1.54, 1.807) is 31.4 Å². The second kappa shape index (κ2) is 7.97. The Labute approximate surface area is 141 Å². The van der Waals surface area contributed by atoms with E-state index in [4.69, 9.17) is 9.47 Å². The number of methoxy groups -OCH3 is 1. The minimum absolute atomic E-state index is 0.0350. The largest absolute Gasteiger partial charge is 0.502 e. The number of hydrogen-bond acceptors (Lipinski definition) is 5. The summed E-state index contributed by atoms with van der Waals surface area (Å²) in [4.78, 5) is 25.6. The zero-order valence-corrected chi connectivity index (χ0v) is 14.2. The van der Waals surface area contributed by atoms with Gasteiger partial charge in [-0.25, -0.2) is 0 Å². The summed E-state index contributed by atoms with van der Waals surface area (Å²) in [7, 11) is 1.55. The highest BCUT2D eigenvalue weighted by atomic mass is 16.5. The van der Waals surface area contributed by atoms with E-state index in [2.05, 4.69) is 13.8 Å². The quantitative estimate of drug-likeness (QED) is 0.584. The van der Waals surface area contributed by atoms with Gasteiger partial charge in [0.2, 0.25) is 0 Å². The Bertz CT molecular complexity index is 633. The maximum atomic E-state index is 12.4. The van der Waals surface area contributed by atoms with Crippen LogP contribution in [0.3, 0.4) is 0 Å². The molecule has 24 heavy (non-hydrogen) atoms. The van der Waals surface area contributed by atoms with Crippen molar-refractivity contribution in [2.24, 2.45) is 5.92 Å². The fourth-order valence-corrected chi connectivity index (χ4v) is 2.37. The standard InChI is InChI=1S/C18H23NO5/c1-12(2)11-24-14-7-5-13(6-8-14)15-16(20)18(22)19(17(15)21)9-4-10-23-3/h5-8,12,20H,4,9-11H2,1-3H3. The first-order chi connectivity index (χ1) is 11.5. The van der Waals surface area contributed by atoms with Gasteiger partial charge in [-0.15, -0.1) is 0 Å². The van der Waals surface area contributed by atoms with Crippen LogP contribution in [0.2, 0.25) is 0 Å². The Morgan fingerprint density at radius 2 is 1.79 bits per heavy atom. The average Bonchev–Trinajstić information content (AvgIpc) is 2.77. The van der Waals surface area contributed by atoms with Crippen molar-refractivity contribution < 1.29 is 24.2 Å². The van der Waals surface area contributed by atoms with Crippen LogP contribution in [-0.2, 0) is 14.3 Å². The van der Waals surface area contributed by atoms with Crippen LogP contribution in [0.5, 0.6) is 5.75 Å². The Morgan fingerprint density at radius 3 is 2.38 bits per heavy atom. The number of nitrogens with zero attached hydrogens (tertiary/aromatic N) is 1. The number of carbonyl (C=O) groups excluding carboxylic acids is 2. The number of amides is 2. The zero-order valence-electron chi connectivity index (χ0n) is 14.2. The lowest BCUT2D eigenvalue weighted by Gasteiger charge is -2.14. The van der Waals surface area contributed by atoms with Crippen LogP contribution in [0.25, 0.3) is 5.57 Å². The minimum atomic E-state index is -0.661. The molecule has 0 radical (unpaired) electrons. The van der Waals surface area contributed by atoms with Gasteiger partial charge in [-0.05, 0) is 30.0 Å². The third-order valence-electron chi connectivity index (χ3n) is 3.60. The van der Waals surface area contributed by atoms with Gasteiger partial charge in [0.15, 0.2) is 5.76 Å². The van der Waals surface area contributed by atoms with E-state index in [1.165, 1.54) is 0 Å². The number of ether oxygens (including phenoxy) is 2. The molecule has 1 aliphatic rings. The van der Waals surface area contributed by atoms with Gasteiger partial charge in [0, 0.05) is 20.3 Å². The monoisotopic (exact) mass is 333 g/mol. The van der Waals surface area contributed by atoms with Crippen molar-refractivity contribution in [1.29, 1.82) is 0 Å². The van der Waals surface area contributed by atoms with Crippen LogP contribution in [0.15, 0.2) is 30.0 Å². The highest BCUT2D eigenvalue weighted by Gasteiger charge is 2.38. The van der Waals surface area contributed by atoms with Gasteiger partial charge in [0.1, 0.15) is 5.75 Å². The predicted molar refractivity (Wildman–Crippen MR) is 89.5 cm³/mol. The molecule has 1 heterocycles. The number of imide groups is 1. The van der Waals surface area contributed by atoms with Gasteiger partial charge >= 0.3 is 0 Å². The highest BCUT2D eigenvalue weighted by Crippen LogP contribution is 2.29. The van der Waals surface area contributed by atoms with Gasteiger partial charge in [-0.2, -0.15) is 0 Å². The Kier molecular flexibility index (Phi) is 5.98. The lowest BCUT2D eigenvalue weighted by molar-refractivity contribution is -0.138. The summed E-state index contributed by atoms with van der Waals surface area (Å²) in [6, 6.07) is 6.79. The second-order valence-corrected chi connectivity index (χ2v) is 6.06. The van der Waals surface area contributed by atoms with Crippen molar-refractivity contribution in [3.8, 4) is 5.75 Å². The van der Waals surface area contributed by atoms with Crippen molar-refractivity contribution >= 4 is 17.4 Å². The number of carbonyl (C=O) groups is 2. The van der Waals surface area contributed by atoms with Crippen molar-refractivity contribution in [3.05, 3.63) is 35.6 Å². The summed E-state index contributed by atoms with van der Waals surface area (Å²) < 4.78 is 10.5. The topological polar surface area (TPSA) is 76.1 Å². The third-order valence-corrected chi connectivity index (χ3v) is 3.60. The summed E-state index contributed by atoms with van der Waals surface area (Å²) in [5, 5.41) is 10.1. The third kappa shape index (κ3) is 3.94. The van der Waals surface area contributed by atoms with E-state index < -0.39 is 17.6 Å². The predicted octanol–water partition coefficient (Wildman–Crippen LogP) is 2.40. The van der Waals surface area contributed by atoms with Crippen molar-refractivity contribution in [2.75, 3.05) is 26.9 Å². The van der Waals surface area contributed by atoms with Gasteiger partial charge < -0.3 is 14.6 Å². The average molecular weight is 333 g/mol. The Morgan fingerprint density at radius 1 is 1.12 bits per heavy atom. The van der Waals surface area contributed by atoms with E-state index in [9.17, 15) is 14.7 Å². The first kappa shape index (κ1) is 18.0. The highest BCUT2D eigenvalue weighted by molar-refractivity contribution is 6.34. The van der Waals surface area contributed by atoms with Crippen LogP contribution in [0, 0.1) is 5.92 Å². The van der Waals surface area contributed by atoms with E-state index in [0.29, 0.717) is 36.9 Å². The summed E-state index contributed by atoms with van der Waals surface area (Å²) in [6.07, 6.45) is 0.524. The minimum Gasteiger partial charge on any atom is -0.502 e. The number of aliphatic hydroxyl groups is 1. The number of benzene rings is 1. The Balaban J connectivity index is 2.12. The molecule has 0 bridgehead atoms. The Hall–Kier alpha value is -2.34. The smallest absolute Gasteiger partial charge is 0.296 e. The summed E-state index contributed by atoms with van der Waals surface area (Å²) in [5.41, 5.74) is 0.532. The van der Waals surface area contributed by atoms with Crippen molar-refractivity contribution in [1.82, 2.24) is 4.90 Å². The molecule has 130 valence electrons. The second-order valence-electron chi connectivity index (χ2n) is 6.06. The molecule has 2 rings (SSSR count). The van der Waals surface area contributed by atoms with Gasteiger partial charge in [0.25, 0.3) is 11.8 Å². The van der Waals surface area contributed by atoms with Crippen LogP contribution >= 0.6 is 0 Å². The van der Waals surface area contributed by atoms with Crippen LogP contribution in [-0.4, -0.2) is 48.7 Å². The van der Waals surface area contributed by atoms with Crippen LogP contribution in [0.4, 0.5) is 0 Å². The van der Waals surface area contributed by atoms with E-state index in [0.717, 1.165) is 4.90 Å². The van der Waals surface area contributed by atoms with Crippen LogP contribution < -0.4 is 4.74 Å². The van der Waals surface area contributed by atoms with E-state index >= 15 is 0 Å². The number of rotatable bonds is 8.